The molecule has 0 bridgehead atoms. The van der Waals surface area contributed by atoms with E-state index in [1.165, 1.54) is 10.9 Å². The normalized spacial score (nSPS) is 10.8. The number of carbonyl (C=O) groups excluding carboxylic acids is 2. The third kappa shape index (κ3) is 2.64. The van der Waals surface area contributed by atoms with Crippen LogP contribution < -0.4 is 0 Å². The van der Waals surface area contributed by atoms with Crippen LogP contribution in [-0.4, -0.2) is 34.7 Å². The second kappa shape index (κ2) is 6.18. The third-order valence-electron chi connectivity index (χ3n) is 2.78. The molecule has 106 valence electrons. The number of esters is 2. The van der Waals surface area contributed by atoms with Gasteiger partial charge in [0, 0.05) is 0 Å². The number of benzene rings is 1. The van der Waals surface area contributed by atoms with E-state index in [2.05, 4.69) is 4.98 Å². The fraction of sp³-hybridized carbons (Fsp3) is 0.357. The lowest BCUT2D eigenvalue weighted by Gasteiger charge is -2.16. The summed E-state index contributed by atoms with van der Waals surface area (Å²) in [5.41, 5.74) is 1.38. The molecule has 1 heterocycles. The van der Waals surface area contributed by atoms with Crippen molar-refractivity contribution in [3.05, 3.63) is 30.6 Å². The van der Waals surface area contributed by atoms with E-state index in [1.807, 2.05) is 12.1 Å². The lowest BCUT2D eigenvalue weighted by Crippen LogP contribution is -2.30. The van der Waals surface area contributed by atoms with Crippen molar-refractivity contribution in [3.63, 3.8) is 0 Å². The van der Waals surface area contributed by atoms with Crippen molar-refractivity contribution in [2.45, 2.75) is 19.9 Å². The van der Waals surface area contributed by atoms with Crippen molar-refractivity contribution < 1.29 is 19.1 Å². The highest BCUT2D eigenvalue weighted by atomic mass is 16.6. The summed E-state index contributed by atoms with van der Waals surface area (Å²) in [6, 6.07) is 6.08. The quantitative estimate of drug-likeness (QED) is 0.614. The number of ether oxygens (including phenoxy) is 2. The molecule has 0 unspecified atom stereocenters. The molecule has 0 amide bonds. The van der Waals surface area contributed by atoms with Gasteiger partial charge in [0.25, 0.3) is 0 Å². The highest BCUT2D eigenvalue weighted by Crippen LogP contribution is 2.20. The highest BCUT2D eigenvalue weighted by Gasteiger charge is 2.32. The SMILES string of the molecule is CCOC(=O)C(C(=O)OCC)n1cnc2ccccc21. The zero-order valence-corrected chi connectivity index (χ0v) is 11.4. The first kappa shape index (κ1) is 14.0. The average Bonchev–Trinajstić information content (AvgIpc) is 2.84. The number of nitrogens with zero attached hydrogens (tertiary/aromatic N) is 2. The number of para-hydroxylation sites is 2. The first-order chi connectivity index (χ1) is 9.69. The summed E-state index contributed by atoms with van der Waals surface area (Å²) >= 11 is 0. The van der Waals surface area contributed by atoms with Crippen LogP contribution in [0, 0.1) is 0 Å². The van der Waals surface area contributed by atoms with Gasteiger partial charge in [0.15, 0.2) is 0 Å². The second-order valence-corrected chi connectivity index (χ2v) is 4.05. The van der Waals surface area contributed by atoms with Gasteiger partial charge in [0.05, 0.1) is 30.6 Å². The molecule has 6 heteroatoms. The predicted octanol–water partition coefficient (Wildman–Crippen LogP) is 1.70. The Balaban J connectivity index is 2.44. The monoisotopic (exact) mass is 276 g/mol. The average molecular weight is 276 g/mol. The van der Waals surface area contributed by atoms with Crippen LogP contribution in [0.3, 0.4) is 0 Å². The number of rotatable bonds is 5. The summed E-state index contributed by atoms with van der Waals surface area (Å²) in [5, 5.41) is 0. The van der Waals surface area contributed by atoms with E-state index in [-0.39, 0.29) is 13.2 Å². The number of hydrogen-bond acceptors (Lipinski definition) is 5. The molecule has 0 aliphatic carbocycles. The van der Waals surface area contributed by atoms with Crippen LogP contribution in [0.2, 0.25) is 0 Å². The van der Waals surface area contributed by atoms with Gasteiger partial charge in [-0.15, -0.1) is 0 Å². The van der Waals surface area contributed by atoms with E-state index in [1.54, 1.807) is 26.0 Å². The summed E-state index contributed by atoms with van der Waals surface area (Å²) in [4.78, 5) is 28.2. The van der Waals surface area contributed by atoms with Gasteiger partial charge in [-0.3, -0.25) is 0 Å². The van der Waals surface area contributed by atoms with Gasteiger partial charge in [-0.25, -0.2) is 14.6 Å². The molecule has 2 aromatic rings. The molecule has 1 aromatic carbocycles. The maximum Gasteiger partial charge on any atom is 0.340 e. The minimum atomic E-state index is -1.16. The van der Waals surface area contributed by atoms with Gasteiger partial charge in [0.1, 0.15) is 0 Å². The standard InChI is InChI=1S/C14H16N2O4/c1-3-19-13(17)12(14(18)20-4-2)16-9-15-10-7-5-6-8-11(10)16/h5-9,12H,3-4H2,1-2H3. The van der Waals surface area contributed by atoms with Crippen molar-refractivity contribution in [1.82, 2.24) is 9.55 Å². The number of hydrogen-bond donors (Lipinski definition) is 0. The largest absolute Gasteiger partial charge is 0.464 e. The molecule has 0 atom stereocenters. The Bertz CT molecular complexity index is 602. The minimum Gasteiger partial charge on any atom is -0.464 e. The van der Waals surface area contributed by atoms with E-state index in [0.717, 1.165) is 0 Å². The molecule has 0 radical (unpaired) electrons. The van der Waals surface area contributed by atoms with Crippen LogP contribution in [0.15, 0.2) is 30.6 Å². The molecular formula is C14H16N2O4. The molecule has 0 aliphatic rings. The molecule has 0 saturated heterocycles. The summed E-state index contributed by atoms with van der Waals surface area (Å²) in [6.45, 7) is 3.76. The van der Waals surface area contributed by atoms with Crippen molar-refractivity contribution in [1.29, 1.82) is 0 Å². The second-order valence-electron chi connectivity index (χ2n) is 4.05. The predicted molar refractivity (Wildman–Crippen MR) is 72.0 cm³/mol. The van der Waals surface area contributed by atoms with Gasteiger partial charge in [-0.05, 0) is 26.0 Å². The maximum absolute atomic E-state index is 12.0. The van der Waals surface area contributed by atoms with Crippen LogP contribution in [0.25, 0.3) is 11.0 Å². The minimum absolute atomic E-state index is 0.196. The van der Waals surface area contributed by atoms with Crippen LogP contribution in [0.1, 0.15) is 19.9 Å². The van der Waals surface area contributed by atoms with E-state index in [4.69, 9.17) is 9.47 Å². The van der Waals surface area contributed by atoms with Gasteiger partial charge in [-0.1, -0.05) is 12.1 Å². The number of imidazole rings is 1. The number of aromatic nitrogens is 2. The Hall–Kier alpha value is -2.37. The first-order valence-electron chi connectivity index (χ1n) is 6.43. The van der Waals surface area contributed by atoms with Crippen molar-refractivity contribution >= 4 is 23.0 Å². The molecule has 0 N–H and O–H groups in total. The first-order valence-corrected chi connectivity index (χ1v) is 6.43. The number of fused-ring (bicyclic) bond motifs is 1. The molecule has 0 spiro atoms. The fourth-order valence-electron chi connectivity index (χ4n) is 1.95. The molecule has 0 fully saturated rings. The Morgan fingerprint density at radius 3 is 2.35 bits per heavy atom. The molecule has 0 aliphatic heterocycles. The Morgan fingerprint density at radius 1 is 1.15 bits per heavy atom. The van der Waals surface area contributed by atoms with E-state index >= 15 is 0 Å². The zero-order valence-electron chi connectivity index (χ0n) is 11.4. The zero-order chi connectivity index (χ0) is 14.5. The summed E-state index contributed by atoms with van der Waals surface area (Å²) in [7, 11) is 0. The van der Waals surface area contributed by atoms with E-state index < -0.39 is 18.0 Å². The van der Waals surface area contributed by atoms with E-state index in [9.17, 15) is 9.59 Å². The van der Waals surface area contributed by atoms with Crippen LogP contribution in [0.4, 0.5) is 0 Å². The van der Waals surface area contributed by atoms with Gasteiger partial charge in [-0.2, -0.15) is 0 Å². The highest BCUT2D eigenvalue weighted by molar-refractivity contribution is 5.98. The number of carbonyl (C=O) groups is 2. The third-order valence-corrected chi connectivity index (χ3v) is 2.78. The molecular weight excluding hydrogens is 260 g/mol. The van der Waals surface area contributed by atoms with Gasteiger partial charge < -0.3 is 14.0 Å². The van der Waals surface area contributed by atoms with Crippen molar-refractivity contribution in [2.24, 2.45) is 0 Å². The molecule has 1 aromatic heterocycles. The molecule has 6 nitrogen and oxygen atoms in total. The van der Waals surface area contributed by atoms with Crippen LogP contribution in [-0.2, 0) is 19.1 Å². The molecule has 20 heavy (non-hydrogen) atoms. The smallest absolute Gasteiger partial charge is 0.340 e. The Labute approximate surface area is 116 Å². The lowest BCUT2D eigenvalue weighted by atomic mass is 10.2. The van der Waals surface area contributed by atoms with Crippen molar-refractivity contribution in [3.8, 4) is 0 Å². The summed E-state index contributed by atoms with van der Waals surface area (Å²) in [5.74, 6) is -1.29. The van der Waals surface area contributed by atoms with Crippen LogP contribution in [0.5, 0.6) is 0 Å². The molecule has 0 saturated carbocycles. The van der Waals surface area contributed by atoms with Gasteiger partial charge in [0.2, 0.25) is 6.04 Å². The molecule has 2 rings (SSSR count). The summed E-state index contributed by atoms with van der Waals surface area (Å²) in [6.07, 6.45) is 1.45. The Morgan fingerprint density at radius 2 is 1.75 bits per heavy atom. The van der Waals surface area contributed by atoms with Crippen molar-refractivity contribution in [2.75, 3.05) is 13.2 Å². The fourth-order valence-corrected chi connectivity index (χ4v) is 1.95. The Kier molecular flexibility index (Phi) is 4.34. The summed E-state index contributed by atoms with van der Waals surface area (Å²) < 4.78 is 11.4. The van der Waals surface area contributed by atoms with Gasteiger partial charge >= 0.3 is 11.9 Å². The lowest BCUT2D eigenvalue weighted by molar-refractivity contribution is -0.160. The topological polar surface area (TPSA) is 70.4 Å². The maximum atomic E-state index is 12.0. The van der Waals surface area contributed by atoms with E-state index in [0.29, 0.717) is 11.0 Å². The van der Waals surface area contributed by atoms with Crippen LogP contribution >= 0.6 is 0 Å².